The quantitative estimate of drug-likeness (QED) is 0.253. The van der Waals surface area contributed by atoms with Gasteiger partial charge in [-0.3, -0.25) is 4.79 Å². The van der Waals surface area contributed by atoms with Crippen LogP contribution in [0.15, 0.2) is 33.6 Å². The Hall–Kier alpha value is -1.95. The normalized spacial score (nSPS) is 22.1. The van der Waals surface area contributed by atoms with Gasteiger partial charge in [0.1, 0.15) is 12.4 Å². The summed E-state index contributed by atoms with van der Waals surface area (Å²) in [5, 5.41) is 9.15. The molecule has 1 aromatic carbocycles. The van der Waals surface area contributed by atoms with Gasteiger partial charge in [-0.2, -0.15) is 0 Å². The van der Waals surface area contributed by atoms with Gasteiger partial charge in [0, 0.05) is 37.9 Å². The number of carboxylic acid groups (broad SMARTS) is 1. The number of halogens is 4. The molecule has 202 valence electrons. The minimum Gasteiger partial charge on any atom is -0.491 e. The summed E-state index contributed by atoms with van der Waals surface area (Å²) >= 11 is 1.27. The fourth-order valence-electron chi connectivity index (χ4n) is 4.34. The maximum absolute atomic E-state index is 13.9. The number of fused-ring (bicyclic) bond motifs is 1. The van der Waals surface area contributed by atoms with Crippen LogP contribution >= 0.6 is 11.8 Å². The molecular formula is C24H31F4NO5S2. The summed E-state index contributed by atoms with van der Waals surface area (Å²) in [5.74, 6) is -8.00. The lowest BCUT2D eigenvalue weighted by Crippen LogP contribution is -2.42. The Labute approximate surface area is 213 Å². The Bertz CT molecular complexity index is 1110. The van der Waals surface area contributed by atoms with Gasteiger partial charge in [-0.05, 0) is 44.6 Å². The number of sulfone groups is 1. The van der Waals surface area contributed by atoms with E-state index in [0.717, 1.165) is 6.92 Å². The molecule has 0 aromatic heterocycles. The van der Waals surface area contributed by atoms with E-state index < -0.39 is 51.8 Å². The zero-order valence-electron chi connectivity index (χ0n) is 20.4. The molecule has 1 aromatic rings. The van der Waals surface area contributed by atoms with Crippen molar-refractivity contribution in [2.75, 3.05) is 30.1 Å². The van der Waals surface area contributed by atoms with Crippen molar-refractivity contribution >= 4 is 33.3 Å². The lowest BCUT2D eigenvalue weighted by Gasteiger charge is -2.38. The predicted molar refractivity (Wildman–Crippen MR) is 130 cm³/mol. The van der Waals surface area contributed by atoms with Crippen molar-refractivity contribution in [2.45, 2.75) is 73.6 Å². The zero-order valence-corrected chi connectivity index (χ0v) is 22.0. The molecule has 0 amide bonds. The van der Waals surface area contributed by atoms with Crippen LogP contribution in [0.25, 0.3) is 0 Å². The van der Waals surface area contributed by atoms with Gasteiger partial charge in [0.25, 0.3) is 0 Å². The molecule has 1 aliphatic carbocycles. The minimum atomic E-state index is -4.00. The zero-order chi connectivity index (χ0) is 26.9. The first-order valence-corrected chi connectivity index (χ1v) is 14.5. The van der Waals surface area contributed by atoms with E-state index in [4.69, 9.17) is 9.84 Å². The van der Waals surface area contributed by atoms with E-state index in [1.54, 1.807) is 17.2 Å². The van der Waals surface area contributed by atoms with Crippen LogP contribution in [0.2, 0.25) is 0 Å². The standard InChI is InChI=1S/C24H31F4NO5S2/c1-15(22(30)31)13-34-19-11-21-18(10-20(19)35-3)29(17-5-8-24(27,28)9-6-17)12-16(14-36(21,32)33)4-7-23(2,25)26/h4,10-11,15,17H,5-9,12-14H2,1-3H3,(H,30,31)/b16-4+/t15-/m1/s1. The number of benzene rings is 1. The first kappa shape index (κ1) is 28.6. The minimum absolute atomic E-state index is 0.0304. The summed E-state index contributed by atoms with van der Waals surface area (Å²) < 4.78 is 87.4. The van der Waals surface area contributed by atoms with Gasteiger partial charge < -0.3 is 14.7 Å². The Balaban J connectivity index is 2.09. The number of carbonyl (C=O) groups is 1. The molecule has 2 aliphatic rings. The van der Waals surface area contributed by atoms with Gasteiger partial charge in [0.2, 0.25) is 11.8 Å². The van der Waals surface area contributed by atoms with Crippen LogP contribution in [-0.2, 0) is 14.6 Å². The number of ether oxygens (including phenoxy) is 1. The molecule has 0 unspecified atom stereocenters. The Morgan fingerprint density at radius 1 is 1.33 bits per heavy atom. The van der Waals surface area contributed by atoms with Crippen LogP contribution in [0.5, 0.6) is 5.75 Å². The highest BCUT2D eigenvalue weighted by Crippen LogP contribution is 2.44. The van der Waals surface area contributed by atoms with Crippen molar-refractivity contribution in [2.24, 2.45) is 5.92 Å². The predicted octanol–water partition coefficient (Wildman–Crippen LogP) is 5.65. The highest BCUT2D eigenvalue weighted by atomic mass is 32.2. The fourth-order valence-corrected chi connectivity index (χ4v) is 6.53. The molecule has 0 bridgehead atoms. The summed E-state index contributed by atoms with van der Waals surface area (Å²) in [7, 11) is -4.00. The van der Waals surface area contributed by atoms with Gasteiger partial charge in [0.15, 0.2) is 9.84 Å². The molecule has 1 saturated carbocycles. The van der Waals surface area contributed by atoms with E-state index in [1.165, 1.54) is 30.8 Å². The maximum atomic E-state index is 13.9. The number of hydrogen-bond acceptors (Lipinski definition) is 6. The smallest absolute Gasteiger partial charge is 0.309 e. The molecule has 36 heavy (non-hydrogen) atoms. The van der Waals surface area contributed by atoms with Crippen molar-refractivity contribution < 1.29 is 40.6 Å². The second kappa shape index (κ2) is 10.8. The lowest BCUT2D eigenvalue weighted by molar-refractivity contribution is -0.142. The third-order valence-corrected chi connectivity index (χ3v) is 8.93. The van der Waals surface area contributed by atoms with Crippen LogP contribution in [0.3, 0.4) is 0 Å². The molecular weight excluding hydrogens is 522 g/mol. The molecule has 1 N–H and O–H groups in total. The van der Waals surface area contributed by atoms with Crippen LogP contribution in [0, 0.1) is 5.92 Å². The summed E-state index contributed by atoms with van der Waals surface area (Å²) in [6, 6.07) is 2.56. The van der Waals surface area contributed by atoms with Crippen molar-refractivity contribution in [1.82, 2.24) is 0 Å². The van der Waals surface area contributed by atoms with E-state index in [1.807, 2.05) is 0 Å². The third kappa shape index (κ3) is 7.08. The van der Waals surface area contributed by atoms with E-state index in [0.29, 0.717) is 10.6 Å². The van der Waals surface area contributed by atoms with Gasteiger partial charge in [-0.25, -0.2) is 26.0 Å². The first-order chi connectivity index (χ1) is 16.6. The number of alkyl halides is 4. The summed E-state index contributed by atoms with van der Waals surface area (Å²) in [5.41, 5.74) is 0.595. The molecule has 0 spiro atoms. The molecule has 1 fully saturated rings. The summed E-state index contributed by atoms with van der Waals surface area (Å²) in [6.45, 7) is 2.06. The van der Waals surface area contributed by atoms with Crippen LogP contribution in [0.1, 0.15) is 46.0 Å². The number of hydrogen-bond donors (Lipinski definition) is 1. The number of rotatable bonds is 8. The largest absolute Gasteiger partial charge is 0.491 e. The van der Waals surface area contributed by atoms with Crippen molar-refractivity contribution in [3.8, 4) is 5.75 Å². The van der Waals surface area contributed by atoms with Gasteiger partial charge in [-0.15, -0.1) is 11.8 Å². The van der Waals surface area contributed by atoms with Crippen molar-refractivity contribution in [3.63, 3.8) is 0 Å². The molecule has 1 aliphatic heterocycles. The number of allylic oxidation sites excluding steroid dienone is 1. The second-order valence-electron chi connectivity index (χ2n) is 9.63. The van der Waals surface area contributed by atoms with E-state index >= 15 is 0 Å². The van der Waals surface area contributed by atoms with Crippen LogP contribution in [-0.4, -0.2) is 62.5 Å². The molecule has 0 saturated heterocycles. The number of carboxylic acids is 1. The molecule has 0 radical (unpaired) electrons. The van der Waals surface area contributed by atoms with E-state index in [2.05, 4.69) is 0 Å². The van der Waals surface area contributed by atoms with Crippen LogP contribution in [0.4, 0.5) is 23.2 Å². The highest BCUT2D eigenvalue weighted by Gasteiger charge is 2.40. The Kier molecular flexibility index (Phi) is 8.59. The van der Waals surface area contributed by atoms with E-state index in [-0.39, 0.29) is 55.1 Å². The molecule has 6 nitrogen and oxygen atoms in total. The van der Waals surface area contributed by atoms with E-state index in [9.17, 15) is 30.8 Å². The SMILES string of the molecule is CSc1cc2c(cc1OC[C@@H](C)C(=O)O)S(=O)(=O)C/C(=C/CC(C)(F)F)CN2C1CCC(F)(F)CC1. The van der Waals surface area contributed by atoms with Crippen molar-refractivity contribution in [1.29, 1.82) is 0 Å². The number of aliphatic carboxylic acids is 1. The monoisotopic (exact) mass is 553 g/mol. The third-order valence-electron chi connectivity index (χ3n) is 6.43. The second-order valence-corrected chi connectivity index (χ2v) is 12.4. The summed E-state index contributed by atoms with van der Waals surface area (Å²) in [6.07, 6.45) is 1.93. The van der Waals surface area contributed by atoms with Gasteiger partial charge >= 0.3 is 5.97 Å². The number of nitrogens with zero attached hydrogens (tertiary/aromatic N) is 1. The average Bonchev–Trinajstić information content (AvgIpc) is 2.88. The summed E-state index contributed by atoms with van der Waals surface area (Å²) in [4.78, 5) is 13.4. The van der Waals surface area contributed by atoms with Crippen LogP contribution < -0.4 is 9.64 Å². The van der Waals surface area contributed by atoms with Gasteiger partial charge in [-0.1, -0.05) is 6.08 Å². The molecule has 1 atom stereocenters. The Morgan fingerprint density at radius 2 is 1.97 bits per heavy atom. The molecule has 12 heteroatoms. The number of anilines is 1. The fraction of sp³-hybridized carbons (Fsp3) is 0.625. The highest BCUT2D eigenvalue weighted by molar-refractivity contribution is 7.98. The maximum Gasteiger partial charge on any atom is 0.309 e. The first-order valence-electron chi connectivity index (χ1n) is 11.6. The lowest BCUT2D eigenvalue weighted by atomic mass is 9.90. The Morgan fingerprint density at radius 3 is 2.53 bits per heavy atom. The number of thioether (sulfide) groups is 1. The van der Waals surface area contributed by atoms with Gasteiger partial charge in [0.05, 0.1) is 27.1 Å². The van der Waals surface area contributed by atoms with Crippen molar-refractivity contribution in [3.05, 3.63) is 23.8 Å². The topological polar surface area (TPSA) is 83.9 Å². The molecule has 1 heterocycles. The molecule has 3 rings (SSSR count). The average molecular weight is 554 g/mol.